The number of ketones is 1. The van der Waals surface area contributed by atoms with Crippen molar-refractivity contribution in [3.8, 4) is 5.75 Å². The first-order valence-electron chi connectivity index (χ1n) is 9.58. The van der Waals surface area contributed by atoms with E-state index in [1.807, 2.05) is 48.7 Å². The molecule has 1 aliphatic rings. The van der Waals surface area contributed by atoms with Gasteiger partial charge in [-0.3, -0.25) is 4.79 Å². The average Bonchev–Trinajstić information content (AvgIpc) is 2.75. The van der Waals surface area contributed by atoms with E-state index in [1.165, 1.54) is 12.1 Å². The molecule has 0 saturated heterocycles. The maximum Gasteiger partial charge on any atom is 0.167 e. The van der Waals surface area contributed by atoms with Crippen LogP contribution in [0, 0.1) is 5.82 Å². The van der Waals surface area contributed by atoms with Crippen molar-refractivity contribution in [1.29, 1.82) is 0 Å². The minimum atomic E-state index is -0.344. The number of carbonyl (C=O) groups excluding carboxylic acids is 1. The first-order chi connectivity index (χ1) is 14.1. The minimum Gasteiger partial charge on any atom is -0.497 e. The second-order valence-corrected chi connectivity index (χ2v) is 7.13. The summed E-state index contributed by atoms with van der Waals surface area (Å²) in [6.45, 7) is 0.656. The Bertz CT molecular complexity index is 1030. The minimum absolute atomic E-state index is 0.0146. The highest BCUT2D eigenvalue weighted by Gasteiger charge is 2.29. The lowest BCUT2D eigenvalue weighted by atomic mass is 9.89. The van der Waals surface area contributed by atoms with Gasteiger partial charge in [-0.15, -0.1) is 0 Å². The van der Waals surface area contributed by atoms with E-state index in [2.05, 4.69) is 17.0 Å². The van der Waals surface area contributed by atoms with Gasteiger partial charge in [0.2, 0.25) is 0 Å². The number of halogens is 1. The molecule has 4 rings (SSSR count). The molecule has 146 valence electrons. The molecule has 3 aromatic rings. The van der Waals surface area contributed by atoms with Crippen LogP contribution in [0.25, 0.3) is 5.57 Å². The fourth-order valence-electron chi connectivity index (χ4n) is 3.71. The zero-order chi connectivity index (χ0) is 20.2. The number of hydrogen-bond acceptors (Lipinski definition) is 3. The fourth-order valence-corrected chi connectivity index (χ4v) is 3.71. The average molecular weight is 387 g/mol. The van der Waals surface area contributed by atoms with Crippen molar-refractivity contribution >= 4 is 11.4 Å². The summed E-state index contributed by atoms with van der Waals surface area (Å²) >= 11 is 0. The molecule has 0 radical (unpaired) electrons. The van der Waals surface area contributed by atoms with Crippen LogP contribution in [0.5, 0.6) is 5.75 Å². The van der Waals surface area contributed by atoms with E-state index in [4.69, 9.17) is 4.74 Å². The molecular formula is C25H22FNO2. The molecule has 3 nitrogen and oxygen atoms in total. The lowest BCUT2D eigenvalue weighted by Gasteiger charge is -2.35. The van der Waals surface area contributed by atoms with E-state index in [-0.39, 0.29) is 17.6 Å². The predicted octanol–water partition coefficient (Wildman–Crippen LogP) is 5.39. The van der Waals surface area contributed by atoms with Gasteiger partial charge in [-0.1, -0.05) is 54.6 Å². The van der Waals surface area contributed by atoms with E-state index < -0.39 is 0 Å². The number of nitrogens with zero attached hydrogens (tertiary/aromatic N) is 1. The Morgan fingerprint density at radius 3 is 2.45 bits per heavy atom. The number of allylic oxidation sites excluding steroid dienone is 1. The van der Waals surface area contributed by atoms with E-state index >= 15 is 0 Å². The van der Waals surface area contributed by atoms with E-state index in [0.29, 0.717) is 24.1 Å². The maximum atomic E-state index is 13.7. The van der Waals surface area contributed by atoms with Gasteiger partial charge in [-0.05, 0) is 41.0 Å². The number of hydrogen-bond donors (Lipinski definition) is 0. The van der Waals surface area contributed by atoms with Crippen molar-refractivity contribution in [2.24, 2.45) is 0 Å². The number of carbonyl (C=O) groups is 1. The van der Waals surface area contributed by atoms with Crippen molar-refractivity contribution in [3.05, 3.63) is 108 Å². The third-order valence-corrected chi connectivity index (χ3v) is 5.22. The molecule has 0 aliphatic carbocycles. The summed E-state index contributed by atoms with van der Waals surface area (Å²) in [4.78, 5) is 15.1. The fraction of sp³-hybridized carbons (Fsp3) is 0.160. The van der Waals surface area contributed by atoms with Gasteiger partial charge >= 0.3 is 0 Å². The van der Waals surface area contributed by atoms with Crippen LogP contribution in [0.3, 0.4) is 0 Å². The van der Waals surface area contributed by atoms with E-state index in [1.54, 1.807) is 19.2 Å². The monoisotopic (exact) mass is 387 g/mol. The Labute approximate surface area is 170 Å². The number of benzene rings is 3. The third kappa shape index (κ3) is 4.21. The molecule has 1 unspecified atom stereocenters. The topological polar surface area (TPSA) is 29.5 Å². The van der Waals surface area contributed by atoms with Crippen molar-refractivity contribution in [3.63, 3.8) is 0 Å². The van der Waals surface area contributed by atoms with Gasteiger partial charge in [0, 0.05) is 24.7 Å². The summed E-state index contributed by atoms with van der Waals surface area (Å²) in [5.41, 5.74) is 3.35. The smallest absolute Gasteiger partial charge is 0.167 e. The third-order valence-electron chi connectivity index (χ3n) is 5.22. The van der Waals surface area contributed by atoms with Crippen molar-refractivity contribution < 1.29 is 13.9 Å². The van der Waals surface area contributed by atoms with Crippen molar-refractivity contribution in [2.45, 2.75) is 19.0 Å². The van der Waals surface area contributed by atoms with Crippen LogP contribution in [-0.4, -0.2) is 17.8 Å². The normalized spacial score (nSPS) is 16.5. The molecular weight excluding hydrogens is 365 g/mol. The highest BCUT2D eigenvalue weighted by molar-refractivity contribution is 6.21. The molecule has 3 aromatic carbocycles. The van der Waals surface area contributed by atoms with Crippen LogP contribution in [-0.2, 0) is 11.3 Å². The number of rotatable bonds is 5. The second-order valence-electron chi connectivity index (χ2n) is 7.13. The highest BCUT2D eigenvalue weighted by atomic mass is 19.1. The number of Topliss-reactive ketones (excluding diaryl/α,β-unsaturated/α-hetero) is 1. The van der Waals surface area contributed by atoms with Crippen LogP contribution in [0.2, 0.25) is 0 Å². The summed E-state index contributed by atoms with van der Waals surface area (Å²) in [6, 6.07) is 24.1. The Kier molecular flexibility index (Phi) is 5.43. The standard InChI is InChI=1S/C25H22FNO2/c1-29-22-12-10-19(11-13-22)24-15-25(28)23(20-8-5-9-21(26)14-20)17-27(24)16-18-6-3-2-4-7-18/h2-14,17,24H,15-16H2,1H3. The second kappa shape index (κ2) is 8.31. The molecule has 0 fully saturated rings. The molecule has 1 heterocycles. The molecule has 0 aromatic heterocycles. The molecule has 0 spiro atoms. The van der Waals surface area contributed by atoms with Gasteiger partial charge < -0.3 is 9.64 Å². The van der Waals surface area contributed by atoms with Crippen LogP contribution in [0.15, 0.2) is 85.1 Å². The summed E-state index contributed by atoms with van der Waals surface area (Å²) < 4.78 is 19.0. The van der Waals surface area contributed by atoms with Gasteiger partial charge in [0.1, 0.15) is 11.6 Å². The Morgan fingerprint density at radius 1 is 1.00 bits per heavy atom. The van der Waals surface area contributed by atoms with E-state index in [9.17, 15) is 9.18 Å². The predicted molar refractivity (Wildman–Crippen MR) is 112 cm³/mol. The number of methoxy groups -OCH3 is 1. The Morgan fingerprint density at radius 2 is 1.76 bits per heavy atom. The van der Waals surface area contributed by atoms with Crippen molar-refractivity contribution in [2.75, 3.05) is 7.11 Å². The molecule has 0 amide bonds. The Hall–Kier alpha value is -3.40. The molecule has 4 heteroatoms. The highest BCUT2D eigenvalue weighted by Crippen LogP contribution is 2.36. The van der Waals surface area contributed by atoms with Gasteiger partial charge in [-0.25, -0.2) is 4.39 Å². The Balaban J connectivity index is 1.73. The van der Waals surface area contributed by atoms with Crippen LogP contribution in [0.1, 0.15) is 29.2 Å². The maximum absolute atomic E-state index is 13.7. The summed E-state index contributed by atoms with van der Waals surface area (Å²) in [7, 11) is 1.63. The SMILES string of the molecule is COc1ccc(C2CC(=O)C(c3cccc(F)c3)=CN2Cc2ccccc2)cc1. The summed E-state index contributed by atoms with van der Waals surface area (Å²) in [5, 5.41) is 0. The molecule has 29 heavy (non-hydrogen) atoms. The van der Waals surface area contributed by atoms with Gasteiger partial charge in [0.15, 0.2) is 5.78 Å². The summed E-state index contributed by atoms with van der Waals surface area (Å²) in [6.07, 6.45) is 2.21. The van der Waals surface area contributed by atoms with Crippen LogP contribution in [0.4, 0.5) is 4.39 Å². The van der Waals surface area contributed by atoms with Gasteiger partial charge in [0.05, 0.1) is 13.2 Å². The zero-order valence-corrected chi connectivity index (χ0v) is 16.2. The zero-order valence-electron chi connectivity index (χ0n) is 16.2. The van der Waals surface area contributed by atoms with Gasteiger partial charge in [0.25, 0.3) is 0 Å². The lowest BCUT2D eigenvalue weighted by Crippen LogP contribution is -2.30. The van der Waals surface area contributed by atoms with Gasteiger partial charge in [-0.2, -0.15) is 0 Å². The van der Waals surface area contributed by atoms with Crippen LogP contribution < -0.4 is 4.74 Å². The molecule has 1 atom stereocenters. The summed E-state index contributed by atoms with van der Waals surface area (Å²) in [5.74, 6) is 0.449. The first-order valence-corrected chi connectivity index (χ1v) is 9.58. The lowest BCUT2D eigenvalue weighted by molar-refractivity contribution is -0.115. The molecule has 0 N–H and O–H groups in total. The quantitative estimate of drug-likeness (QED) is 0.588. The molecule has 0 bridgehead atoms. The van der Waals surface area contributed by atoms with E-state index in [0.717, 1.165) is 16.9 Å². The molecule has 1 aliphatic heterocycles. The largest absolute Gasteiger partial charge is 0.497 e. The molecule has 0 saturated carbocycles. The van der Waals surface area contributed by atoms with Crippen LogP contribution >= 0.6 is 0 Å². The first kappa shape index (κ1) is 18.9. The number of ether oxygens (including phenoxy) is 1. The van der Waals surface area contributed by atoms with Crippen molar-refractivity contribution in [1.82, 2.24) is 4.90 Å².